The van der Waals surface area contributed by atoms with Gasteiger partial charge in [-0.25, -0.2) is 0 Å². The first-order chi connectivity index (χ1) is 7.19. The van der Waals surface area contributed by atoms with Crippen molar-refractivity contribution >= 4 is 5.91 Å². The van der Waals surface area contributed by atoms with Gasteiger partial charge in [-0.1, -0.05) is 13.3 Å². The van der Waals surface area contributed by atoms with Gasteiger partial charge in [-0.3, -0.25) is 4.79 Å². The predicted octanol–water partition coefficient (Wildman–Crippen LogP) is 1.37. The summed E-state index contributed by atoms with van der Waals surface area (Å²) in [6.45, 7) is 4.79. The minimum atomic E-state index is 0.327. The summed E-state index contributed by atoms with van der Waals surface area (Å²) in [5, 5.41) is 0. The highest BCUT2D eigenvalue weighted by atomic mass is 16.2. The lowest BCUT2D eigenvalue weighted by Gasteiger charge is -2.23. The predicted molar refractivity (Wildman–Crippen MR) is 60.3 cm³/mol. The molecule has 2 fully saturated rings. The van der Waals surface area contributed by atoms with E-state index in [0.29, 0.717) is 30.2 Å². The fourth-order valence-corrected chi connectivity index (χ4v) is 2.76. The molecule has 2 N–H and O–H groups in total. The van der Waals surface area contributed by atoms with Gasteiger partial charge in [0.15, 0.2) is 0 Å². The van der Waals surface area contributed by atoms with Crippen molar-refractivity contribution < 1.29 is 4.79 Å². The lowest BCUT2D eigenvalue weighted by Crippen LogP contribution is -2.32. The van der Waals surface area contributed by atoms with Gasteiger partial charge in [-0.15, -0.1) is 0 Å². The van der Waals surface area contributed by atoms with Crippen LogP contribution in [0.3, 0.4) is 0 Å². The van der Waals surface area contributed by atoms with Crippen molar-refractivity contribution in [2.24, 2.45) is 17.1 Å². The summed E-state index contributed by atoms with van der Waals surface area (Å²) in [5.74, 6) is 0.739. The second-order valence-electron chi connectivity index (χ2n) is 5.33. The summed E-state index contributed by atoms with van der Waals surface area (Å²) in [4.78, 5) is 13.8. The SMILES string of the molecule is CCCC1(CN2CC(CN)CC2=O)CC1. The van der Waals surface area contributed by atoms with Crippen LogP contribution in [0.4, 0.5) is 0 Å². The topological polar surface area (TPSA) is 46.3 Å². The minimum Gasteiger partial charge on any atom is -0.342 e. The Morgan fingerprint density at radius 2 is 2.27 bits per heavy atom. The van der Waals surface area contributed by atoms with Crippen LogP contribution in [0.1, 0.15) is 39.0 Å². The van der Waals surface area contributed by atoms with E-state index in [0.717, 1.165) is 13.1 Å². The van der Waals surface area contributed by atoms with Crippen molar-refractivity contribution in [3.05, 3.63) is 0 Å². The molecule has 2 rings (SSSR count). The highest BCUT2D eigenvalue weighted by Crippen LogP contribution is 2.50. The molecule has 1 saturated heterocycles. The summed E-state index contributed by atoms with van der Waals surface area (Å²) in [7, 11) is 0. The maximum atomic E-state index is 11.7. The van der Waals surface area contributed by atoms with Crippen LogP contribution in [0.15, 0.2) is 0 Å². The van der Waals surface area contributed by atoms with Gasteiger partial charge in [0.05, 0.1) is 0 Å². The zero-order valence-corrected chi connectivity index (χ0v) is 9.67. The third kappa shape index (κ3) is 2.33. The first kappa shape index (κ1) is 10.9. The van der Waals surface area contributed by atoms with E-state index >= 15 is 0 Å². The van der Waals surface area contributed by atoms with E-state index in [1.807, 2.05) is 0 Å². The number of hydrogen-bond donors (Lipinski definition) is 1. The Labute approximate surface area is 92.0 Å². The monoisotopic (exact) mass is 210 g/mol. The Morgan fingerprint density at radius 3 is 2.73 bits per heavy atom. The van der Waals surface area contributed by atoms with Crippen molar-refractivity contribution in [2.75, 3.05) is 19.6 Å². The number of carbonyl (C=O) groups excluding carboxylic acids is 1. The quantitative estimate of drug-likeness (QED) is 0.745. The molecular weight excluding hydrogens is 188 g/mol. The number of carbonyl (C=O) groups is 1. The average molecular weight is 210 g/mol. The van der Waals surface area contributed by atoms with Gasteiger partial charge < -0.3 is 10.6 Å². The second-order valence-corrected chi connectivity index (χ2v) is 5.33. The van der Waals surface area contributed by atoms with Crippen molar-refractivity contribution in [1.82, 2.24) is 4.90 Å². The maximum Gasteiger partial charge on any atom is 0.222 e. The molecule has 1 unspecified atom stereocenters. The number of nitrogens with two attached hydrogens (primary N) is 1. The number of rotatable bonds is 5. The third-order valence-electron chi connectivity index (χ3n) is 3.89. The van der Waals surface area contributed by atoms with Crippen LogP contribution in [-0.4, -0.2) is 30.4 Å². The lowest BCUT2D eigenvalue weighted by atomic mass is 10.0. The largest absolute Gasteiger partial charge is 0.342 e. The lowest BCUT2D eigenvalue weighted by molar-refractivity contribution is -0.128. The van der Waals surface area contributed by atoms with Crippen LogP contribution >= 0.6 is 0 Å². The van der Waals surface area contributed by atoms with Gasteiger partial charge in [0, 0.05) is 19.5 Å². The molecule has 1 amide bonds. The Balaban J connectivity index is 1.87. The molecule has 15 heavy (non-hydrogen) atoms. The Kier molecular flexibility index (Phi) is 3.01. The Bertz CT molecular complexity index is 248. The van der Waals surface area contributed by atoms with Crippen LogP contribution in [-0.2, 0) is 4.79 Å². The summed E-state index contributed by atoms with van der Waals surface area (Å²) in [6.07, 6.45) is 5.83. The molecule has 0 spiro atoms. The molecule has 0 aromatic rings. The molecule has 1 atom stereocenters. The minimum absolute atomic E-state index is 0.327. The summed E-state index contributed by atoms with van der Waals surface area (Å²) in [6, 6.07) is 0. The van der Waals surface area contributed by atoms with E-state index in [2.05, 4.69) is 11.8 Å². The molecule has 2 aliphatic rings. The van der Waals surface area contributed by atoms with E-state index in [9.17, 15) is 4.79 Å². The normalized spacial score (nSPS) is 28.5. The van der Waals surface area contributed by atoms with Crippen molar-refractivity contribution in [3.63, 3.8) is 0 Å². The molecule has 0 radical (unpaired) electrons. The van der Waals surface area contributed by atoms with Gasteiger partial charge in [0.1, 0.15) is 0 Å². The highest BCUT2D eigenvalue weighted by Gasteiger charge is 2.45. The zero-order valence-electron chi connectivity index (χ0n) is 9.67. The summed E-state index contributed by atoms with van der Waals surface area (Å²) in [5.41, 5.74) is 6.11. The fraction of sp³-hybridized carbons (Fsp3) is 0.917. The number of amides is 1. The molecule has 3 heteroatoms. The van der Waals surface area contributed by atoms with Gasteiger partial charge in [-0.2, -0.15) is 0 Å². The first-order valence-corrected chi connectivity index (χ1v) is 6.17. The number of nitrogens with zero attached hydrogens (tertiary/aromatic N) is 1. The summed E-state index contributed by atoms with van der Waals surface area (Å²) >= 11 is 0. The Hall–Kier alpha value is -0.570. The average Bonchev–Trinajstić information content (AvgIpc) is 2.87. The maximum absolute atomic E-state index is 11.7. The molecule has 1 saturated carbocycles. The van der Waals surface area contributed by atoms with E-state index in [4.69, 9.17) is 5.73 Å². The molecule has 0 bridgehead atoms. The van der Waals surface area contributed by atoms with Crippen molar-refractivity contribution in [1.29, 1.82) is 0 Å². The van der Waals surface area contributed by atoms with Gasteiger partial charge in [0.2, 0.25) is 5.91 Å². The van der Waals surface area contributed by atoms with Crippen LogP contribution in [0.25, 0.3) is 0 Å². The van der Waals surface area contributed by atoms with E-state index < -0.39 is 0 Å². The fourth-order valence-electron chi connectivity index (χ4n) is 2.76. The number of hydrogen-bond acceptors (Lipinski definition) is 2. The van der Waals surface area contributed by atoms with Crippen LogP contribution in [0, 0.1) is 11.3 Å². The summed E-state index contributed by atoms with van der Waals surface area (Å²) < 4.78 is 0. The first-order valence-electron chi connectivity index (χ1n) is 6.17. The van der Waals surface area contributed by atoms with Gasteiger partial charge >= 0.3 is 0 Å². The van der Waals surface area contributed by atoms with Gasteiger partial charge in [-0.05, 0) is 37.1 Å². The molecule has 0 aromatic carbocycles. The molecule has 1 aliphatic carbocycles. The van der Waals surface area contributed by atoms with Crippen LogP contribution in [0.5, 0.6) is 0 Å². The second kappa shape index (κ2) is 4.12. The zero-order chi connectivity index (χ0) is 10.9. The number of likely N-dealkylation sites (tertiary alicyclic amines) is 1. The van der Waals surface area contributed by atoms with E-state index in [1.165, 1.54) is 25.7 Å². The highest BCUT2D eigenvalue weighted by molar-refractivity contribution is 5.78. The molecular formula is C12H22N2O. The van der Waals surface area contributed by atoms with Crippen LogP contribution in [0.2, 0.25) is 0 Å². The van der Waals surface area contributed by atoms with Crippen molar-refractivity contribution in [2.45, 2.75) is 39.0 Å². The van der Waals surface area contributed by atoms with Crippen LogP contribution < -0.4 is 5.73 Å². The molecule has 1 heterocycles. The smallest absolute Gasteiger partial charge is 0.222 e. The standard InChI is InChI=1S/C12H22N2O/c1-2-3-12(4-5-12)9-14-8-10(7-13)6-11(14)15/h10H,2-9,13H2,1H3. The molecule has 1 aliphatic heterocycles. The third-order valence-corrected chi connectivity index (χ3v) is 3.89. The van der Waals surface area contributed by atoms with E-state index in [-0.39, 0.29) is 0 Å². The Morgan fingerprint density at radius 1 is 1.53 bits per heavy atom. The molecule has 3 nitrogen and oxygen atoms in total. The van der Waals surface area contributed by atoms with E-state index in [1.54, 1.807) is 0 Å². The molecule has 0 aromatic heterocycles. The van der Waals surface area contributed by atoms with Crippen molar-refractivity contribution in [3.8, 4) is 0 Å². The van der Waals surface area contributed by atoms with Gasteiger partial charge in [0.25, 0.3) is 0 Å². The molecule has 86 valence electrons.